The molecule has 4 rings (SSSR count). The van der Waals surface area contributed by atoms with E-state index in [-0.39, 0.29) is 11.9 Å². The van der Waals surface area contributed by atoms with Crippen molar-refractivity contribution in [2.45, 2.75) is 12.3 Å². The molecule has 1 aromatic carbocycles. The largest absolute Gasteiger partial charge is 0.324 e. The Hall–Kier alpha value is -2.87. The predicted octanol–water partition coefficient (Wildman–Crippen LogP) is 2.67. The molecule has 1 atom stereocenters. The minimum Gasteiger partial charge on any atom is -0.324 e. The maximum absolute atomic E-state index is 12.6. The number of carbonyl (C=O) groups excluding carboxylic acids is 1. The summed E-state index contributed by atoms with van der Waals surface area (Å²) in [6, 6.07) is 9.08. The van der Waals surface area contributed by atoms with Crippen LogP contribution in [0.5, 0.6) is 0 Å². The summed E-state index contributed by atoms with van der Waals surface area (Å²) in [5, 5.41) is 17.6. The number of carbonyl (C=O) groups is 1. The summed E-state index contributed by atoms with van der Waals surface area (Å²) in [5.41, 5.74) is 1.52. The molecule has 128 valence electrons. The first kappa shape index (κ1) is 15.6. The first-order valence-electron chi connectivity index (χ1n) is 7.93. The SMILES string of the molecule is O=C(Nc1ccc(Cl)cc1-n1cccc1)N1CCC(c2nn[nH]n2)C1. The highest BCUT2D eigenvalue weighted by Crippen LogP contribution is 2.27. The average Bonchev–Trinajstić information content (AvgIpc) is 3.37. The molecule has 2 amide bonds. The fourth-order valence-electron chi connectivity index (χ4n) is 3.01. The lowest BCUT2D eigenvalue weighted by Gasteiger charge is -2.19. The number of halogens is 1. The lowest BCUT2D eigenvalue weighted by molar-refractivity contribution is 0.222. The number of likely N-dealkylation sites (tertiary alicyclic amines) is 1. The Morgan fingerprint density at radius 3 is 2.92 bits per heavy atom. The zero-order valence-electron chi connectivity index (χ0n) is 13.3. The number of anilines is 1. The van der Waals surface area contributed by atoms with Gasteiger partial charge in [-0.3, -0.25) is 0 Å². The summed E-state index contributed by atoms with van der Waals surface area (Å²) < 4.78 is 1.91. The van der Waals surface area contributed by atoms with Gasteiger partial charge in [-0.05, 0) is 36.8 Å². The summed E-state index contributed by atoms with van der Waals surface area (Å²) in [5.74, 6) is 0.758. The third kappa shape index (κ3) is 3.20. The second-order valence-corrected chi connectivity index (χ2v) is 6.32. The van der Waals surface area contributed by atoms with Crippen LogP contribution in [0.25, 0.3) is 5.69 Å². The van der Waals surface area contributed by atoms with Crippen LogP contribution >= 0.6 is 11.6 Å². The molecule has 9 heteroatoms. The van der Waals surface area contributed by atoms with Crippen LogP contribution in [0, 0.1) is 0 Å². The number of hydrogen-bond acceptors (Lipinski definition) is 4. The van der Waals surface area contributed by atoms with Crippen LogP contribution in [0.4, 0.5) is 10.5 Å². The predicted molar refractivity (Wildman–Crippen MR) is 92.9 cm³/mol. The minimum atomic E-state index is -0.151. The Balaban J connectivity index is 1.50. The second-order valence-electron chi connectivity index (χ2n) is 5.88. The molecule has 0 radical (unpaired) electrons. The fraction of sp³-hybridized carbons (Fsp3) is 0.250. The molecule has 0 aliphatic carbocycles. The summed E-state index contributed by atoms with van der Waals surface area (Å²) in [6.45, 7) is 1.22. The van der Waals surface area contributed by atoms with E-state index < -0.39 is 0 Å². The van der Waals surface area contributed by atoms with Crippen LogP contribution in [0.2, 0.25) is 5.02 Å². The van der Waals surface area contributed by atoms with Crippen molar-refractivity contribution in [2.24, 2.45) is 0 Å². The van der Waals surface area contributed by atoms with Crippen LogP contribution in [-0.4, -0.2) is 49.2 Å². The monoisotopic (exact) mass is 357 g/mol. The number of benzene rings is 1. The maximum Gasteiger partial charge on any atom is 0.321 e. The third-order valence-corrected chi connectivity index (χ3v) is 4.52. The molecule has 1 aliphatic rings. The van der Waals surface area contributed by atoms with Crippen LogP contribution in [-0.2, 0) is 0 Å². The zero-order valence-corrected chi connectivity index (χ0v) is 14.0. The number of H-pyrrole nitrogens is 1. The molecule has 3 aromatic rings. The maximum atomic E-state index is 12.6. The quantitative estimate of drug-likeness (QED) is 0.753. The molecule has 2 aromatic heterocycles. The number of tetrazole rings is 1. The first-order chi connectivity index (χ1) is 12.2. The molecular formula is C16H16ClN7O. The van der Waals surface area contributed by atoms with Gasteiger partial charge in [0.15, 0.2) is 5.82 Å². The van der Waals surface area contributed by atoms with Crippen molar-refractivity contribution in [2.75, 3.05) is 18.4 Å². The number of amides is 2. The Kier molecular flexibility index (Phi) is 4.10. The van der Waals surface area contributed by atoms with Crippen molar-refractivity contribution >= 4 is 23.3 Å². The van der Waals surface area contributed by atoms with E-state index in [1.807, 2.05) is 41.2 Å². The summed E-state index contributed by atoms with van der Waals surface area (Å²) in [4.78, 5) is 14.4. The van der Waals surface area contributed by atoms with Gasteiger partial charge in [0, 0.05) is 36.4 Å². The smallest absolute Gasteiger partial charge is 0.321 e. The third-order valence-electron chi connectivity index (χ3n) is 4.29. The second kappa shape index (κ2) is 6.56. The van der Waals surface area contributed by atoms with Gasteiger partial charge in [0.05, 0.1) is 11.4 Å². The molecule has 0 spiro atoms. The minimum absolute atomic E-state index is 0.110. The summed E-state index contributed by atoms with van der Waals surface area (Å²) in [6.07, 6.45) is 4.63. The van der Waals surface area contributed by atoms with E-state index >= 15 is 0 Å². The van der Waals surface area contributed by atoms with Gasteiger partial charge in [-0.2, -0.15) is 5.21 Å². The number of aromatic amines is 1. The van der Waals surface area contributed by atoms with Crippen molar-refractivity contribution < 1.29 is 4.79 Å². The molecule has 0 bridgehead atoms. The van der Waals surface area contributed by atoms with E-state index in [2.05, 4.69) is 25.9 Å². The van der Waals surface area contributed by atoms with Gasteiger partial charge in [-0.1, -0.05) is 16.8 Å². The summed E-state index contributed by atoms with van der Waals surface area (Å²) >= 11 is 6.11. The molecule has 1 saturated heterocycles. The lowest BCUT2D eigenvalue weighted by Crippen LogP contribution is -2.33. The van der Waals surface area contributed by atoms with Gasteiger partial charge in [-0.25, -0.2) is 4.79 Å². The molecule has 8 nitrogen and oxygen atoms in total. The molecule has 1 aliphatic heterocycles. The highest BCUT2D eigenvalue weighted by molar-refractivity contribution is 6.30. The van der Waals surface area contributed by atoms with Gasteiger partial charge < -0.3 is 14.8 Å². The molecule has 1 fully saturated rings. The molecule has 1 unspecified atom stereocenters. The first-order valence-corrected chi connectivity index (χ1v) is 8.30. The van der Waals surface area contributed by atoms with Gasteiger partial charge in [-0.15, -0.1) is 10.2 Å². The number of nitrogens with one attached hydrogen (secondary N) is 2. The van der Waals surface area contributed by atoms with Crippen LogP contribution in [0.3, 0.4) is 0 Å². The molecule has 25 heavy (non-hydrogen) atoms. The Bertz CT molecular complexity index is 863. The number of aromatic nitrogens is 5. The average molecular weight is 358 g/mol. The van der Waals surface area contributed by atoms with E-state index in [0.717, 1.165) is 12.1 Å². The van der Waals surface area contributed by atoms with Crippen LogP contribution < -0.4 is 5.32 Å². The number of urea groups is 1. The number of nitrogens with zero attached hydrogens (tertiary/aromatic N) is 5. The molecule has 0 saturated carbocycles. The topological polar surface area (TPSA) is 91.7 Å². The van der Waals surface area contributed by atoms with Gasteiger partial charge in [0.1, 0.15) is 0 Å². The van der Waals surface area contributed by atoms with E-state index in [1.165, 1.54) is 0 Å². The van der Waals surface area contributed by atoms with Crippen LogP contribution in [0.15, 0.2) is 42.7 Å². The van der Waals surface area contributed by atoms with Gasteiger partial charge in [0.25, 0.3) is 0 Å². The highest BCUT2D eigenvalue weighted by atomic mass is 35.5. The fourth-order valence-corrected chi connectivity index (χ4v) is 3.18. The molecular weight excluding hydrogens is 342 g/mol. The van der Waals surface area contributed by atoms with Gasteiger partial charge in [0.2, 0.25) is 0 Å². The normalized spacial score (nSPS) is 17.0. The van der Waals surface area contributed by atoms with E-state index in [0.29, 0.717) is 29.6 Å². The van der Waals surface area contributed by atoms with Crippen molar-refractivity contribution in [1.82, 2.24) is 30.1 Å². The lowest BCUT2D eigenvalue weighted by atomic mass is 10.1. The molecule has 2 N–H and O–H groups in total. The van der Waals surface area contributed by atoms with E-state index in [4.69, 9.17) is 11.6 Å². The zero-order chi connectivity index (χ0) is 17.2. The van der Waals surface area contributed by atoms with E-state index in [1.54, 1.807) is 11.0 Å². The van der Waals surface area contributed by atoms with Crippen molar-refractivity contribution in [3.63, 3.8) is 0 Å². The van der Waals surface area contributed by atoms with Crippen LogP contribution in [0.1, 0.15) is 18.2 Å². The standard InChI is InChI=1S/C16H16ClN7O/c17-12-3-4-13(14(9-12)23-6-1-2-7-23)18-16(25)24-8-5-11(10-24)15-19-21-22-20-15/h1-4,6-7,9,11H,5,8,10H2,(H,18,25)(H,19,20,21,22). The van der Waals surface area contributed by atoms with Crippen molar-refractivity contribution in [3.05, 3.63) is 53.6 Å². The van der Waals surface area contributed by atoms with E-state index in [9.17, 15) is 4.79 Å². The number of hydrogen-bond donors (Lipinski definition) is 2. The van der Waals surface area contributed by atoms with Gasteiger partial charge >= 0.3 is 6.03 Å². The van der Waals surface area contributed by atoms with Crippen molar-refractivity contribution in [1.29, 1.82) is 0 Å². The summed E-state index contributed by atoms with van der Waals surface area (Å²) in [7, 11) is 0. The number of rotatable bonds is 3. The Morgan fingerprint density at radius 2 is 2.16 bits per heavy atom. The highest BCUT2D eigenvalue weighted by Gasteiger charge is 2.30. The Morgan fingerprint density at radius 1 is 1.32 bits per heavy atom. The Labute approximate surface area is 148 Å². The van der Waals surface area contributed by atoms with Crippen molar-refractivity contribution in [3.8, 4) is 5.69 Å². The molecule has 3 heterocycles.